The van der Waals surface area contributed by atoms with Crippen LogP contribution in [0.15, 0.2) is 30.3 Å². The molecule has 0 atom stereocenters. The monoisotopic (exact) mass is 378 g/mol. The smallest absolute Gasteiger partial charge is 0.276 e. The van der Waals surface area contributed by atoms with Crippen LogP contribution in [0.3, 0.4) is 0 Å². The van der Waals surface area contributed by atoms with E-state index >= 15 is 0 Å². The van der Waals surface area contributed by atoms with Crippen molar-refractivity contribution in [3.05, 3.63) is 41.7 Å². The third kappa shape index (κ3) is 5.08. The third-order valence-electron chi connectivity index (χ3n) is 3.64. The zero-order valence-electron chi connectivity index (χ0n) is 16.0. The quantitative estimate of drug-likeness (QED) is 0.834. The van der Waals surface area contributed by atoms with Gasteiger partial charge in [0.15, 0.2) is 5.69 Å². The van der Waals surface area contributed by atoms with Crippen molar-refractivity contribution in [2.45, 2.75) is 46.1 Å². The van der Waals surface area contributed by atoms with E-state index in [0.29, 0.717) is 17.1 Å². The Labute approximate surface area is 154 Å². The Hall–Kier alpha value is -2.35. The van der Waals surface area contributed by atoms with Crippen LogP contribution in [0.5, 0.6) is 0 Å². The normalized spacial score (nSPS) is 12.3. The summed E-state index contributed by atoms with van der Waals surface area (Å²) in [6, 6.07) is 8.25. The summed E-state index contributed by atoms with van der Waals surface area (Å²) in [5.74, 6) is -0.0663. The molecular formula is C18H26N4O3S. The Morgan fingerprint density at radius 1 is 1.12 bits per heavy atom. The molecule has 1 aromatic heterocycles. The number of benzene rings is 1. The summed E-state index contributed by atoms with van der Waals surface area (Å²) in [5.41, 5.74) is 2.12. The molecule has 26 heavy (non-hydrogen) atoms. The molecule has 8 heteroatoms. The molecule has 1 heterocycles. The van der Waals surface area contributed by atoms with Crippen molar-refractivity contribution in [2.24, 2.45) is 0 Å². The first-order chi connectivity index (χ1) is 11.9. The molecule has 7 nitrogen and oxygen atoms in total. The molecule has 0 unspecified atom stereocenters. The lowest BCUT2D eigenvalue weighted by atomic mass is 10.1. The van der Waals surface area contributed by atoms with E-state index in [4.69, 9.17) is 0 Å². The number of amides is 1. The average Bonchev–Trinajstić information content (AvgIpc) is 2.93. The minimum Gasteiger partial charge on any atom is -0.321 e. The molecule has 0 saturated carbocycles. The number of nitrogens with zero attached hydrogens (tertiary/aromatic N) is 2. The van der Waals surface area contributed by atoms with Crippen LogP contribution in [-0.4, -0.2) is 30.4 Å². The molecule has 0 fully saturated rings. The fourth-order valence-electron chi connectivity index (χ4n) is 2.49. The van der Waals surface area contributed by atoms with Gasteiger partial charge in [-0.2, -0.15) is 5.10 Å². The summed E-state index contributed by atoms with van der Waals surface area (Å²) < 4.78 is 26.7. The van der Waals surface area contributed by atoms with Gasteiger partial charge in [-0.1, -0.05) is 13.8 Å². The topological polar surface area (TPSA) is 93.1 Å². The summed E-state index contributed by atoms with van der Waals surface area (Å²) in [5, 5.41) is 7.26. The minimum atomic E-state index is -3.33. The van der Waals surface area contributed by atoms with Crippen molar-refractivity contribution in [3.63, 3.8) is 0 Å². The van der Waals surface area contributed by atoms with Crippen LogP contribution in [0.1, 0.15) is 56.7 Å². The highest BCUT2D eigenvalue weighted by Gasteiger charge is 2.23. The maximum atomic E-state index is 12.5. The molecule has 0 radical (unpaired) electrons. The van der Waals surface area contributed by atoms with Gasteiger partial charge in [0.2, 0.25) is 10.0 Å². The Morgan fingerprint density at radius 2 is 1.65 bits per heavy atom. The number of nitrogens with one attached hydrogen (secondary N) is 2. The van der Waals surface area contributed by atoms with E-state index in [-0.39, 0.29) is 17.4 Å². The van der Waals surface area contributed by atoms with Crippen LogP contribution in [0, 0.1) is 0 Å². The molecule has 2 N–H and O–H groups in total. The summed E-state index contributed by atoms with van der Waals surface area (Å²) in [7, 11) is -3.33. The van der Waals surface area contributed by atoms with Gasteiger partial charge < -0.3 is 5.32 Å². The van der Waals surface area contributed by atoms with Crippen LogP contribution < -0.4 is 10.0 Å². The lowest BCUT2D eigenvalue weighted by Crippen LogP contribution is -2.26. The molecule has 0 bridgehead atoms. The second-order valence-corrected chi connectivity index (χ2v) is 9.35. The van der Waals surface area contributed by atoms with Crippen molar-refractivity contribution >= 4 is 27.3 Å². The molecule has 0 aliphatic carbocycles. The van der Waals surface area contributed by atoms with Crippen molar-refractivity contribution in [3.8, 4) is 0 Å². The van der Waals surface area contributed by atoms with Crippen LogP contribution in [0.25, 0.3) is 0 Å². The number of hydrogen-bond donors (Lipinski definition) is 2. The highest BCUT2D eigenvalue weighted by Crippen LogP contribution is 2.24. The van der Waals surface area contributed by atoms with E-state index in [1.54, 1.807) is 24.3 Å². The van der Waals surface area contributed by atoms with Crippen molar-refractivity contribution in [1.82, 2.24) is 9.78 Å². The number of anilines is 2. The lowest BCUT2D eigenvalue weighted by molar-refractivity contribution is 0.102. The van der Waals surface area contributed by atoms with Gasteiger partial charge in [-0.05, 0) is 57.0 Å². The second kappa shape index (κ2) is 7.11. The predicted molar refractivity (Wildman–Crippen MR) is 104 cm³/mol. The largest absolute Gasteiger partial charge is 0.321 e. The third-order valence-corrected chi connectivity index (χ3v) is 4.25. The molecule has 0 spiro atoms. The number of sulfonamides is 1. The number of aromatic nitrogens is 2. The number of rotatable bonds is 5. The zero-order chi connectivity index (χ0) is 19.7. The van der Waals surface area contributed by atoms with Crippen molar-refractivity contribution < 1.29 is 13.2 Å². The minimum absolute atomic E-state index is 0.225. The van der Waals surface area contributed by atoms with Gasteiger partial charge in [-0.15, -0.1) is 0 Å². The van der Waals surface area contributed by atoms with Gasteiger partial charge >= 0.3 is 0 Å². The first-order valence-electron chi connectivity index (χ1n) is 8.36. The average molecular weight is 378 g/mol. The predicted octanol–water partition coefficient (Wildman–Crippen LogP) is 3.39. The van der Waals surface area contributed by atoms with Crippen molar-refractivity contribution in [1.29, 1.82) is 0 Å². The first kappa shape index (κ1) is 20.0. The maximum absolute atomic E-state index is 12.5. The number of carbonyl (C=O) groups excluding carboxylic acids is 1. The molecule has 2 aromatic rings. The van der Waals surface area contributed by atoms with E-state index in [2.05, 4.69) is 29.0 Å². The van der Waals surface area contributed by atoms with Crippen LogP contribution >= 0.6 is 0 Å². The highest BCUT2D eigenvalue weighted by atomic mass is 32.2. The van der Waals surface area contributed by atoms with E-state index in [1.807, 2.05) is 31.5 Å². The fraction of sp³-hybridized carbons (Fsp3) is 0.444. The Kier molecular flexibility index (Phi) is 5.46. The van der Waals surface area contributed by atoms with Crippen LogP contribution in [0.2, 0.25) is 0 Å². The highest BCUT2D eigenvalue weighted by molar-refractivity contribution is 7.92. The van der Waals surface area contributed by atoms with Gasteiger partial charge in [0, 0.05) is 17.1 Å². The maximum Gasteiger partial charge on any atom is 0.276 e. The molecular weight excluding hydrogens is 352 g/mol. The van der Waals surface area contributed by atoms with E-state index in [9.17, 15) is 13.2 Å². The number of hydrogen-bond acceptors (Lipinski definition) is 4. The van der Waals surface area contributed by atoms with E-state index < -0.39 is 10.0 Å². The van der Waals surface area contributed by atoms with Gasteiger partial charge in [0.25, 0.3) is 5.91 Å². The van der Waals surface area contributed by atoms with Gasteiger partial charge in [-0.25, -0.2) is 8.42 Å². The first-order valence-corrected chi connectivity index (χ1v) is 10.3. The fourth-order valence-corrected chi connectivity index (χ4v) is 3.05. The van der Waals surface area contributed by atoms with Crippen LogP contribution in [-0.2, 0) is 15.6 Å². The van der Waals surface area contributed by atoms with E-state index in [0.717, 1.165) is 11.9 Å². The SMILES string of the molecule is CC(C)c1cc(C(=O)Nc2ccc(NS(C)(=O)=O)cc2)nn1C(C)(C)C. The summed E-state index contributed by atoms with van der Waals surface area (Å²) in [6.07, 6.45) is 1.08. The molecule has 1 aromatic carbocycles. The zero-order valence-corrected chi connectivity index (χ0v) is 16.8. The Balaban J connectivity index is 2.20. The molecule has 142 valence electrons. The van der Waals surface area contributed by atoms with Gasteiger partial charge in [0.1, 0.15) is 0 Å². The molecule has 0 aliphatic rings. The lowest BCUT2D eigenvalue weighted by Gasteiger charge is -2.23. The second-order valence-electron chi connectivity index (χ2n) is 7.60. The molecule has 2 rings (SSSR count). The summed E-state index contributed by atoms with van der Waals surface area (Å²) >= 11 is 0. The van der Waals surface area contributed by atoms with Gasteiger partial charge in [0.05, 0.1) is 11.8 Å². The van der Waals surface area contributed by atoms with Crippen LogP contribution in [0.4, 0.5) is 11.4 Å². The Bertz CT molecular complexity index is 892. The van der Waals surface area contributed by atoms with E-state index in [1.165, 1.54) is 0 Å². The standard InChI is InChI=1S/C18H26N4O3S/c1-12(2)16-11-15(20-22(16)18(3,4)5)17(23)19-13-7-9-14(10-8-13)21-26(6,24)25/h7-12,21H,1-6H3,(H,19,23). The Morgan fingerprint density at radius 3 is 2.08 bits per heavy atom. The molecule has 0 saturated heterocycles. The summed E-state index contributed by atoms with van der Waals surface area (Å²) in [6.45, 7) is 10.3. The summed E-state index contributed by atoms with van der Waals surface area (Å²) in [4.78, 5) is 12.5. The molecule has 1 amide bonds. The van der Waals surface area contributed by atoms with Crippen molar-refractivity contribution in [2.75, 3.05) is 16.3 Å². The number of carbonyl (C=O) groups is 1. The molecule has 0 aliphatic heterocycles. The van der Waals surface area contributed by atoms with Gasteiger partial charge in [-0.3, -0.25) is 14.2 Å².